The number of primary amides is 2. The van der Waals surface area contributed by atoms with Crippen LogP contribution >= 0.6 is 0 Å². The minimum absolute atomic E-state index is 0.0753. The molecule has 0 radical (unpaired) electrons. The summed E-state index contributed by atoms with van der Waals surface area (Å²) in [4.78, 5) is 22.9. The summed E-state index contributed by atoms with van der Waals surface area (Å²) in [6.45, 7) is 3.70. The molecule has 0 fully saturated rings. The van der Waals surface area contributed by atoms with Gasteiger partial charge in [0.25, 0.3) is 0 Å². The van der Waals surface area contributed by atoms with Gasteiger partial charge in [-0.05, 0) is 5.92 Å². The van der Waals surface area contributed by atoms with Crippen LogP contribution in [-0.2, 0) is 9.59 Å². The first-order valence-electron chi connectivity index (χ1n) is 4.88. The lowest BCUT2D eigenvalue weighted by Gasteiger charge is -2.37. The molecular formula is C11H16N2O2. The van der Waals surface area contributed by atoms with Crippen LogP contribution in [0.5, 0.6) is 0 Å². The van der Waals surface area contributed by atoms with E-state index in [1.54, 1.807) is 24.3 Å². The third-order valence-corrected chi connectivity index (χ3v) is 2.99. The number of carbonyl (C=O) groups is 2. The molecule has 15 heavy (non-hydrogen) atoms. The monoisotopic (exact) mass is 208 g/mol. The number of carbonyl (C=O) groups excluding carboxylic acids is 2. The zero-order chi connectivity index (χ0) is 11.6. The van der Waals surface area contributed by atoms with Crippen molar-refractivity contribution in [2.24, 2.45) is 28.7 Å². The molecule has 0 aromatic rings. The van der Waals surface area contributed by atoms with Crippen LogP contribution in [-0.4, -0.2) is 11.8 Å². The number of nitrogens with two attached hydrogens (primary N) is 2. The molecule has 2 amide bonds. The van der Waals surface area contributed by atoms with Gasteiger partial charge in [0, 0.05) is 0 Å². The SMILES string of the molecule is CC(C)C1(C(N)=O)C=CC=CC1C(N)=O. The molecule has 0 spiro atoms. The Morgan fingerprint density at radius 2 is 1.87 bits per heavy atom. The molecule has 0 saturated heterocycles. The van der Waals surface area contributed by atoms with Gasteiger partial charge in [-0.3, -0.25) is 9.59 Å². The van der Waals surface area contributed by atoms with E-state index in [1.165, 1.54) is 0 Å². The van der Waals surface area contributed by atoms with E-state index in [2.05, 4.69) is 0 Å². The maximum absolute atomic E-state index is 11.6. The maximum atomic E-state index is 11.6. The van der Waals surface area contributed by atoms with Gasteiger partial charge >= 0.3 is 0 Å². The standard InChI is InChI=1S/C11H16N2O2/c1-7(2)11(10(13)15)6-4-3-5-8(11)9(12)14/h3-8H,1-2H3,(H2,12,14)(H2,13,15). The van der Waals surface area contributed by atoms with Crippen molar-refractivity contribution in [3.8, 4) is 0 Å². The van der Waals surface area contributed by atoms with Crippen molar-refractivity contribution < 1.29 is 9.59 Å². The molecule has 0 saturated carbocycles. The fourth-order valence-electron chi connectivity index (χ4n) is 2.05. The van der Waals surface area contributed by atoms with Gasteiger partial charge in [0.1, 0.15) is 0 Å². The van der Waals surface area contributed by atoms with E-state index in [9.17, 15) is 9.59 Å². The van der Waals surface area contributed by atoms with Crippen molar-refractivity contribution in [3.63, 3.8) is 0 Å². The Balaban J connectivity index is 3.26. The lowest BCUT2D eigenvalue weighted by Crippen LogP contribution is -2.50. The Labute approximate surface area is 89.0 Å². The molecule has 82 valence electrons. The minimum Gasteiger partial charge on any atom is -0.369 e. The van der Waals surface area contributed by atoms with Crippen LogP contribution in [0.4, 0.5) is 0 Å². The fourth-order valence-corrected chi connectivity index (χ4v) is 2.05. The molecule has 4 nitrogen and oxygen atoms in total. The molecule has 1 aliphatic carbocycles. The van der Waals surface area contributed by atoms with Crippen LogP contribution in [0.25, 0.3) is 0 Å². The number of hydrogen-bond acceptors (Lipinski definition) is 2. The summed E-state index contributed by atoms with van der Waals surface area (Å²) in [5.41, 5.74) is 9.70. The molecule has 1 rings (SSSR count). The summed E-state index contributed by atoms with van der Waals surface area (Å²) < 4.78 is 0. The maximum Gasteiger partial charge on any atom is 0.228 e. The van der Waals surface area contributed by atoms with E-state index in [4.69, 9.17) is 11.5 Å². The highest BCUT2D eigenvalue weighted by molar-refractivity contribution is 5.92. The van der Waals surface area contributed by atoms with Crippen LogP contribution in [0.15, 0.2) is 24.3 Å². The second-order valence-corrected chi connectivity index (χ2v) is 4.08. The van der Waals surface area contributed by atoms with E-state index >= 15 is 0 Å². The first kappa shape index (κ1) is 11.5. The topological polar surface area (TPSA) is 86.2 Å². The van der Waals surface area contributed by atoms with Gasteiger partial charge in [0.2, 0.25) is 11.8 Å². The normalized spacial score (nSPS) is 29.4. The molecule has 0 aliphatic heterocycles. The number of allylic oxidation sites excluding steroid dienone is 2. The Kier molecular flexibility index (Phi) is 2.98. The third kappa shape index (κ3) is 1.67. The smallest absolute Gasteiger partial charge is 0.228 e. The first-order chi connectivity index (χ1) is 6.93. The molecule has 4 heteroatoms. The van der Waals surface area contributed by atoms with Gasteiger partial charge in [-0.1, -0.05) is 38.2 Å². The quantitative estimate of drug-likeness (QED) is 0.700. The summed E-state index contributed by atoms with van der Waals surface area (Å²) in [5.74, 6) is -1.77. The van der Waals surface area contributed by atoms with Gasteiger partial charge in [0.05, 0.1) is 11.3 Å². The van der Waals surface area contributed by atoms with E-state index in [1.807, 2.05) is 13.8 Å². The van der Waals surface area contributed by atoms with Gasteiger partial charge in [-0.2, -0.15) is 0 Å². The first-order valence-corrected chi connectivity index (χ1v) is 4.88. The van der Waals surface area contributed by atoms with Crippen molar-refractivity contribution >= 4 is 11.8 Å². The van der Waals surface area contributed by atoms with Crippen LogP contribution in [0.2, 0.25) is 0 Å². The van der Waals surface area contributed by atoms with Crippen molar-refractivity contribution in [3.05, 3.63) is 24.3 Å². The van der Waals surface area contributed by atoms with E-state index in [-0.39, 0.29) is 5.92 Å². The second kappa shape index (κ2) is 3.88. The molecule has 2 atom stereocenters. The third-order valence-electron chi connectivity index (χ3n) is 2.99. The van der Waals surface area contributed by atoms with Crippen molar-refractivity contribution in [2.45, 2.75) is 13.8 Å². The lowest BCUT2D eigenvalue weighted by molar-refractivity contribution is -0.136. The van der Waals surface area contributed by atoms with Gasteiger partial charge < -0.3 is 11.5 Å². The average Bonchev–Trinajstić information content (AvgIpc) is 2.16. The summed E-state index contributed by atoms with van der Waals surface area (Å²) in [6, 6.07) is 0. The summed E-state index contributed by atoms with van der Waals surface area (Å²) in [5, 5.41) is 0. The Bertz CT molecular complexity index is 344. The molecule has 2 unspecified atom stereocenters. The zero-order valence-electron chi connectivity index (χ0n) is 8.94. The second-order valence-electron chi connectivity index (χ2n) is 4.08. The van der Waals surface area contributed by atoms with Gasteiger partial charge in [-0.25, -0.2) is 0 Å². The highest BCUT2D eigenvalue weighted by Crippen LogP contribution is 2.40. The molecule has 4 N–H and O–H groups in total. The van der Waals surface area contributed by atoms with Crippen LogP contribution in [0.3, 0.4) is 0 Å². The van der Waals surface area contributed by atoms with Gasteiger partial charge in [0.15, 0.2) is 0 Å². The van der Waals surface area contributed by atoms with Crippen LogP contribution in [0, 0.1) is 17.3 Å². The number of rotatable bonds is 3. The van der Waals surface area contributed by atoms with Crippen molar-refractivity contribution in [1.29, 1.82) is 0 Å². The summed E-state index contributed by atoms with van der Waals surface area (Å²) >= 11 is 0. The minimum atomic E-state index is -0.986. The summed E-state index contributed by atoms with van der Waals surface area (Å²) in [7, 11) is 0. The van der Waals surface area contributed by atoms with Crippen molar-refractivity contribution in [1.82, 2.24) is 0 Å². The van der Waals surface area contributed by atoms with Crippen molar-refractivity contribution in [2.75, 3.05) is 0 Å². The molecule has 1 aliphatic rings. The molecule has 0 aromatic carbocycles. The van der Waals surface area contributed by atoms with E-state index in [0.29, 0.717) is 0 Å². The number of hydrogen-bond donors (Lipinski definition) is 2. The van der Waals surface area contributed by atoms with E-state index in [0.717, 1.165) is 0 Å². The summed E-state index contributed by atoms with van der Waals surface area (Å²) in [6.07, 6.45) is 6.74. The lowest BCUT2D eigenvalue weighted by atomic mass is 9.65. The predicted octanol–water partition coefficient (Wildman–Crippen LogP) is 0.342. The highest BCUT2D eigenvalue weighted by atomic mass is 16.2. The number of amides is 2. The van der Waals surface area contributed by atoms with Crippen LogP contribution < -0.4 is 11.5 Å². The Morgan fingerprint density at radius 3 is 2.20 bits per heavy atom. The van der Waals surface area contributed by atoms with E-state index < -0.39 is 23.1 Å². The van der Waals surface area contributed by atoms with Gasteiger partial charge in [-0.15, -0.1) is 0 Å². The molecule has 0 heterocycles. The molecular weight excluding hydrogens is 192 g/mol. The molecule has 0 aromatic heterocycles. The Morgan fingerprint density at radius 1 is 1.27 bits per heavy atom. The average molecular weight is 208 g/mol. The molecule has 0 bridgehead atoms. The Hall–Kier alpha value is -1.58. The predicted molar refractivity (Wildman–Crippen MR) is 57.4 cm³/mol. The fraction of sp³-hybridized carbons (Fsp3) is 0.455. The largest absolute Gasteiger partial charge is 0.369 e. The van der Waals surface area contributed by atoms with Crippen LogP contribution in [0.1, 0.15) is 13.8 Å². The zero-order valence-corrected chi connectivity index (χ0v) is 8.94. The highest BCUT2D eigenvalue weighted by Gasteiger charge is 2.47.